The largest absolute Gasteiger partial charge is 0.491 e. The Bertz CT molecular complexity index is 3060. The van der Waals surface area contributed by atoms with Crippen LogP contribution in [0.25, 0.3) is 10.4 Å². The molecule has 412 valence electrons. The van der Waals surface area contributed by atoms with Gasteiger partial charge in [-0.1, -0.05) is 44.2 Å². The van der Waals surface area contributed by atoms with Crippen molar-refractivity contribution in [2.75, 3.05) is 69.2 Å². The lowest BCUT2D eigenvalue weighted by molar-refractivity contribution is -0.143. The van der Waals surface area contributed by atoms with Gasteiger partial charge in [0.05, 0.1) is 84.7 Å². The molecule has 2 fully saturated rings. The van der Waals surface area contributed by atoms with Crippen molar-refractivity contribution in [1.82, 2.24) is 20.1 Å². The second kappa shape index (κ2) is 24.8. The molecule has 1 aromatic heterocycles. The average molecular weight is 1110 g/mol. The van der Waals surface area contributed by atoms with Gasteiger partial charge in [-0.3, -0.25) is 24.1 Å². The predicted octanol–water partition coefficient (Wildman–Crippen LogP) is 7.69. The van der Waals surface area contributed by atoms with Crippen LogP contribution >= 0.6 is 23.6 Å². The topological polar surface area (TPSA) is 196 Å². The summed E-state index contributed by atoms with van der Waals surface area (Å²) in [6.07, 6.45) is -5.66. The number of alkyl halides is 3. The number of hydrogen-bond acceptors (Lipinski definition) is 14. The second-order valence-electron chi connectivity index (χ2n) is 19.7. The third-order valence-corrected chi connectivity index (χ3v) is 15.0. The quantitative estimate of drug-likeness (QED) is 0.0477. The monoisotopic (exact) mass is 1110 g/mol. The molecule has 0 saturated carbocycles. The van der Waals surface area contributed by atoms with Crippen LogP contribution in [0.1, 0.15) is 72.4 Å². The average Bonchev–Trinajstić information content (AvgIpc) is 4.21. The number of aryl methyl sites for hydroxylation is 1. The number of amides is 4. The number of β-amino-alcohol motifs (C(OH)–C–C–N with tert-alkyl or cyclic N) is 1. The smallest absolute Gasteiger partial charge is 0.417 e. The first kappa shape index (κ1) is 57.2. The summed E-state index contributed by atoms with van der Waals surface area (Å²) >= 11 is 7.13. The van der Waals surface area contributed by atoms with E-state index in [0.29, 0.717) is 54.7 Å². The summed E-state index contributed by atoms with van der Waals surface area (Å²) in [7, 11) is 0. The number of halogens is 3. The minimum atomic E-state index is -4.81. The van der Waals surface area contributed by atoms with Crippen molar-refractivity contribution < 1.29 is 61.1 Å². The van der Waals surface area contributed by atoms with Crippen molar-refractivity contribution >= 4 is 63.7 Å². The second-order valence-corrected chi connectivity index (χ2v) is 20.9. The summed E-state index contributed by atoms with van der Waals surface area (Å²) in [6.45, 7) is 11.4. The first-order valence-corrected chi connectivity index (χ1v) is 26.7. The van der Waals surface area contributed by atoms with Gasteiger partial charge >= 0.3 is 6.18 Å². The number of carbonyl (C=O) groups is 4. The number of thiocarbonyl (C=S) groups is 1. The van der Waals surface area contributed by atoms with Gasteiger partial charge in [-0.25, -0.2) is 4.98 Å². The summed E-state index contributed by atoms with van der Waals surface area (Å²) in [5.74, 6) is -0.776. The van der Waals surface area contributed by atoms with Gasteiger partial charge in [0, 0.05) is 42.9 Å². The Labute approximate surface area is 459 Å². The van der Waals surface area contributed by atoms with Gasteiger partial charge in [-0.05, 0) is 105 Å². The molecule has 8 rings (SSSR count). The molecular weight excluding hydrogens is 1050 g/mol. The van der Waals surface area contributed by atoms with E-state index < -0.39 is 52.8 Å². The molecule has 3 atom stereocenters. The molecule has 78 heavy (non-hydrogen) atoms. The van der Waals surface area contributed by atoms with Gasteiger partial charge in [-0.15, -0.1) is 11.3 Å². The number of aliphatic hydroxyl groups is 1. The van der Waals surface area contributed by atoms with Crippen LogP contribution < -0.4 is 24.6 Å². The summed E-state index contributed by atoms with van der Waals surface area (Å²) < 4.78 is 70.4. The first-order chi connectivity index (χ1) is 37.3. The molecule has 4 aromatic carbocycles. The standard InChI is InChI=1S/C56H60F3N7O10S2/c1-34(2)48(64-31-39-8-6-7-9-44(39)51(64)69)52(70)63-32-42(67)28-46(63)50(68)61-30-38-11-10-36(49-35(3)62-33-78-49)26-47(38)76-25-23-74-21-19-72-18-20-73-22-24-75-43-16-14-40(15-17-43)66-54(77)65(53(71)55(66,4)5)41-13-12-37(29-60)45(27-41)56(57,58)59/h6-17,26-27,33-34,42,46,48,67H,18-25,28,30-32H2,1-5H3,(H,61,68)/t42-,46+,48?/m1/s1. The molecule has 3 aliphatic heterocycles. The molecule has 0 radical (unpaired) electrons. The molecular formula is C56H60F3N7O10S2. The van der Waals surface area contributed by atoms with Crippen molar-refractivity contribution in [2.24, 2.45) is 5.92 Å². The van der Waals surface area contributed by atoms with Crippen molar-refractivity contribution in [3.8, 4) is 28.0 Å². The number of carbonyl (C=O) groups excluding carboxylic acids is 4. The number of benzene rings is 4. The van der Waals surface area contributed by atoms with Crippen molar-refractivity contribution in [1.29, 1.82) is 5.26 Å². The molecule has 0 spiro atoms. The Kier molecular flexibility index (Phi) is 18.2. The molecule has 0 bridgehead atoms. The number of hydrogen-bond donors (Lipinski definition) is 2. The normalized spacial score (nSPS) is 17.5. The zero-order chi connectivity index (χ0) is 55.9. The van der Waals surface area contributed by atoms with Crippen LogP contribution in [0.3, 0.4) is 0 Å². The molecule has 2 N–H and O–H groups in total. The van der Waals surface area contributed by atoms with Gasteiger partial charge in [0.25, 0.3) is 11.8 Å². The third-order valence-electron chi connectivity index (χ3n) is 13.6. The molecule has 22 heteroatoms. The highest BCUT2D eigenvalue weighted by molar-refractivity contribution is 7.81. The summed E-state index contributed by atoms with van der Waals surface area (Å²) in [5.41, 5.74) is 3.10. The molecule has 0 aliphatic carbocycles. The van der Waals surface area contributed by atoms with Gasteiger partial charge in [0.2, 0.25) is 11.8 Å². The number of ether oxygens (including phenoxy) is 5. The highest BCUT2D eigenvalue weighted by Gasteiger charge is 2.51. The minimum Gasteiger partial charge on any atom is -0.491 e. The molecule has 1 unspecified atom stereocenters. The van der Waals surface area contributed by atoms with E-state index in [9.17, 15) is 42.7 Å². The fraction of sp³-hybridized carbons (Fsp3) is 0.411. The van der Waals surface area contributed by atoms with Gasteiger partial charge < -0.3 is 48.8 Å². The third kappa shape index (κ3) is 12.6. The van der Waals surface area contributed by atoms with E-state index in [-0.39, 0.29) is 81.0 Å². The Morgan fingerprint density at radius 2 is 1.56 bits per heavy atom. The number of anilines is 2. The number of nitrogens with one attached hydrogen (secondary N) is 1. The fourth-order valence-corrected chi connectivity index (χ4v) is 11.1. The van der Waals surface area contributed by atoms with E-state index in [1.54, 1.807) is 71.6 Å². The van der Waals surface area contributed by atoms with Crippen LogP contribution in [-0.4, -0.2) is 132 Å². The lowest BCUT2D eigenvalue weighted by Gasteiger charge is -2.35. The number of aliphatic hydroxyl groups excluding tert-OH is 1. The van der Waals surface area contributed by atoms with Crippen LogP contribution in [0.15, 0.2) is 90.4 Å². The Balaban J connectivity index is 0.749. The number of nitriles is 1. The van der Waals surface area contributed by atoms with E-state index in [2.05, 4.69) is 10.3 Å². The number of thiazole rings is 1. The predicted molar refractivity (Wildman–Crippen MR) is 288 cm³/mol. The van der Waals surface area contributed by atoms with Crippen LogP contribution in [0.5, 0.6) is 11.5 Å². The number of rotatable bonds is 23. The van der Waals surface area contributed by atoms with E-state index in [4.69, 9.17) is 35.9 Å². The van der Waals surface area contributed by atoms with Gasteiger partial charge in [-0.2, -0.15) is 18.4 Å². The number of nitrogens with zero attached hydrogens (tertiary/aromatic N) is 6. The highest BCUT2D eigenvalue weighted by Crippen LogP contribution is 2.40. The minimum absolute atomic E-state index is 0.0155. The maximum absolute atomic E-state index is 14.2. The van der Waals surface area contributed by atoms with Crippen molar-refractivity contribution in [2.45, 2.75) is 84.0 Å². The number of aromatic nitrogens is 1. The molecule has 3 aliphatic rings. The molecule has 2 saturated heterocycles. The van der Waals surface area contributed by atoms with Gasteiger partial charge in [0.1, 0.15) is 42.3 Å². The van der Waals surface area contributed by atoms with Crippen LogP contribution in [-0.2, 0) is 47.9 Å². The van der Waals surface area contributed by atoms with E-state index in [0.717, 1.165) is 38.7 Å². The van der Waals surface area contributed by atoms with Crippen LogP contribution in [0.2, 0.25) is 0 Å². The molecule has 4 amide bonds. The zero-order valence-electron chi connectivity index (χ0n) is 43.7. The maximum atomic E-state index is 14.2. The molecule has 5 aromatic rings. The van der Waals surface area contributed by atoms with E-state index >= 15 is 0 Å². The lowest BCUT2D eigenvalue weighted by atomic mass is 10.0. The lowest BCUT2D eigenvalue weighted by Crippen LogP contribution is -2.55. The molecule has 4 heterocycles. The SMILES string of the molecule is Cc1ncsc1-c1ccc(CNC(=O)[C@@H]2C[C@@H](O)CN2C(=O)C(C(C)C)N2Cc3ccccc3C2=O)c(OCCOCCOCCOCCOc2ccc(N3C(=S)N(c4ccc(C#N)c(C(F)(F)F)c4)C(=O)C3(C)C)cc2)c1. The van der Waals surface area contributed by atoms with Crippen molar-refractivity contribution in [3.05, 3.63) is 124 Å². The molecule has 17 nitrogen and oxygen atoms in total. The van der Waals surface area contributed by atoms with Crippen molar-refractivity contribution in [3.63, 3.8) is 0 Å². The van der Waals surface area contributed by atoms with Gasteiger partial charge in [0.15, 0.2) is 5.11 Å². The highest BCUT2D eigenvalue weighted by atomic mass is 32.1. The summed E-state index contributed by atoms with van der Waals surface area (Å²) in [4.78, 5) is 66.1. The number of fused-ring (bicyclic) bond motifs is 1. The Morgan fingerprint density at radius 1 is 0.910 bits per heavy atom. The van der Waals surface area contributed by atoms with Crippen LogP contribution in [0.4, 0.5) is 24.5 Å². The first-order valence-electron chi connectivity index (χ1n) is 25.4. The van der Waals surface area contributed by atoms with E-state index in [1.165, 1.54) is 22.3 Å². The summed E-state index contributed by atoms with van der Waals surface area (Å²) in [6, 6.07) is 22.6. The zero-order valence-corrected chi connectivity index (χ0v) is 45.3. The Morgan fingerprint density at radius 3 is 2.19 bits per heavy atom. The maximum Gasteiger partial charge on any atom is 0.417 e. The summed E-state index contributed by atoms with van der Waals surface area (Å²) in [5, 5.41) is 22.9. The van der Waals surface area contributed by atoms with Crippen LogP contribution in [0, 0.1) is 24.2 Å². The number of likely N-dealkylation sites (tertiary alicyclic amines) is 1. The van der Waals surface area contributed by atoms with E-state index in [1.807, 2.05) is 51.1 Å². The fourth-order valence-electron chi connectivity index (χ4n) is 9.73. The Hall–Kier alpha value is -7.00.